The molecule has 0 unspecified atom stereocenters. The van der Waals surface area contributed by atoms with E-state index in [9.17, 15) is 13.2 Å². The molecule has 2 aromatic carbocycles. The predicted molar refractivity (Wildman–Crippen MR) is 73.6 cm³/mol. The zero-order valence-electron chi connectivity index (χ0n) is 10.2. The number of fused-ring (bicyclic) bond motifs is 1. The Labute approximate surface area is 111 Å². The number of benzene rings is 2. The third-order valence-electron chi connectivity index (χ3n) is 2.39. The molecule has 0 saturated carbocycles. The summed E-state index contributed by atoms with van der Waals surface area (Å²) < 4.78 is 26.8. The van der Waals surface area contributed by atoms with Gasteiger partial charge in [-0.2, -0.15) is 0 Å². The molecule has 0 amide bonds. The lowest BCUT2D eigenvalue weighted by atomic mass is 10.1. The smallest absolute Gasteiger partial charge is 0.336 e. The molecule has 0 aromatic heterocycles. The van der Waals surface area contributed by atoms with Crippen molar-refractivity contribution in [2.45, 2.75) is 0 Å². The molecule has 0 aliphatic rings. The number of carbonyl (C=O) groups excluding carboxylic acids is 1. The number of carbonyl (C=O) groups is 1. The Morgan fingerprint density at radius 1 is 1.11 bits per heavy atom. The molecular formula is C14H12O4S. The summed E-state index contributed by atoms with van der Waals surface area (Å²) in [4.78, 5) is 11.4. The molecule has 19 heavy (non-hydrogen) atoms. The topological polar surface area (TPSA) is 60.4 Å². The van der Waals surface area contributed by atoms with Gasteiger partial charge in [0.1, 0.15) is 5.75 Å². The minimum Gasteiger partial charge on any atom is -0.423 e. The highest BCUT2D eigenvalue weighted by Crippen LogP contribution is 2.20. The lowest BCUT2D eigenvalue weighted by molar-refractivity contribution is -0.128. The van der Waals surface area contributed by atoms with E-state index < -0.39 is 15.8 Å². The van der Waals surface area contributed by atoms with Crippen LogP contribution in [0.3, 0.4) is 0 Å². The SMILES string of the molecule is CS(=O)(=O)C=CC(=O)Oc1ccc2ccccc2c1. The van der Waals surface area contributed by atoms with Crippen LogP contribution in [0.4, 0.5) is 0 Å². The van der Waals surface area contributed by atoms with E-state index >= 15 is 0 Å². The van der Waals surface area contributed by atoms with E-state index in [1.165, 1.54) is 0 Å². The molecule has 0 spiro atoms. The second kappa shape index (κ2) is 5.24. The van der Waals surface area contributed by atoms with Gasteiger partial charge < -0.3 is 4.74 Å². The molecule has 2 aromatic rings. The van der Waals surface area contributed by atoms with Crippen LogP contribution < -0.4 is 4.74 Å². The van der Waals surface area contributed by atoms with E-state index in [4.69, 9.17) is 4.74 Å². The van der Waals surface area contributed by atoms with Crippen LogP contribution in [0.5, 0.6) is 5.75 Å². The van der Waals surface area contributed by atoms with Gasteiger partial charge in [0.2, 0.25) is 0 Å². The molecule has 4 nitrogen and oxygen atoms in total. The van der Waals surface area contributed by atoms with Gasteiger partial charge in [0, 0.05) is 17.7 Å². The first-order valence-electron chi connectivity index (χ1n) is 5.53. The van der Waals surface area contributed by atoms with Crippen LogP contribution in [-0.2, 0) is 14.6 Å². The second-order valence-electron chi connectivity index (χ2n) is 4.06. The van der Waals surface area contributed by atoms with Crippen LogP contribution >= 0.6 is 0 Å². The Morgan fingerprint density at radius 2 is 1.79 bits per heavy atom. The van der Waals surface area contributed by atoms with Crippen molar-refractivity contribution in [2.24, 2.45) is 0 Å². The summed E-state index contributed by atoms with van der Waals surface area (Å²) in [7, 11) is -3.33. The zero-order chi connectivity index (χ0) is 13.9. The molecule has 2 rings (SSSR count). The molecule has 0 bridgehead atoms. The van der Waals surface area contributed by atoms with Gasteiger partial charge in [0.25, 0.3) is 0 Å². The van der Waals surface area contributed by atoms with Gasteiger partial charge in [-0.15, -0.1) is 0 Å². The average molecular weight is 276 g/mol. The maximum absolute atomic E-state index is 11.4. The Kier molecular flexibility index (Phi) is 3.66. The van der Waals surface area contributed by atoms with Crippen molar-refractivity contribution in [3.63, 3.8) is 0 Å². The summed E-state index contributed by atoms with van der Waals surface area (Å²) in [5.41, 5.74) is 0. The summed E-state index contributed by atoms with van der Waals surface area (Å²) in [5, 5.41) is 2.80. The van der Waals surface area contributed by atoms with E-state index in [-0.39, 0.29) is 0 Å². The highest BCUT2D eigenvalue weighted by atomic mass is 32.2. The Hall–Kier alpha value is -2.14. The van der Waals surface area contributed by atoms with E-state index in [2.05, 4.69) is 0 Å². The fourth-order valence-corrected chi connectivity index (χ4v) is 1.92. The normalized spacial score (nSPS) is 11.8. The van der Waals surface area contributed by atoms with Crippen molar-refractivity contribution in [3.8, 4) is 5.75 Å². The maximum atomic E-state index is 11.4. The molecule has 0 aliphatic heterocycles. The molecular weight excluding hydrogens is 264 g/mol. The van der Waals surface area contributed by atoms with Crippen LogP contribution in [0.15, 0.2) is 53.9 Å². The Morgan fingerprint density at radius 3 is 2.47 bits per heavy atom. The van der Waals surface area contributed by atoms with Crippen molar-refractivity contribution in [3.05, 3.63) is 53.9 Å². The first-order chi connectivity index (χ1) is 8.94. The van der Waals surface area contributed by atoms with E-state index in [1.54, 1.807) is 12.1 Å². The summed E-state index contributed by atoms with van der Waals surface area (Å²) >= 11 is 0. The summed E-state index contributed by atoms with van der Waals surface area (Å²) in [6.45, 7) is 0. The van der Waals surface area contributed by atoms with Gasteiger partial charge in [-0.3, -0.25) is 0 Å². The van der Waals surface area contributed by atoms with Crippen molar-refractivity contribution >= 4 is 26.6 Å². The van der Waals surface area contributed by atoms with Crippen LogP contribution in [-0.4, -0.2) is 20.6 Å². The number of hydrogen-bond acceptors (Lipinski definition) is 4. The predicted octanol–water partition coefficient (Wildman–Crippen LogP) is 2.30. The van der Waals surface area contributed by atoms with Gasteiger partial charge >= 0.3 is 5.97 Å². The average Bonchev–Trinajstić information content (AvgIpc) is 2.35. The molecule has 0 aliphatic carbocycles. The fourth-order valence-electron chi connectivity index (χ4n) is 1.56. The lowest BCUT2D eigenvalue weighted by Gasteiger charge is -2.03. The molecule has 0 saturated heterocycles. The monoisotopic (exact) mass is 276 g/mol. The van der Waals surface area contributed by atoms with Gasteiger partial charge in [-0.05, 0) is 22.9 Å². The van der Waals surface area contributed by atoms with E-state index in [1.807, 2.05) is 30.3 Å². The standard InChI is InChI=1S/C14H12O4S/c1-19(16,17)9-8-14(15)18-13-7-6-11-4-2-3-5-12(11)10-13/h2-10H,1H3. The zero-order valence-corrected chi connectivity index (χ0v) is 11.1. The molecule has 98 valence electrons. The van der Waals surface area contributed by atoms with Gasteiger partial charge in [-0.25, -0.2) is 13.2 Å². The Bertz CT molecular complexity index is 745. The minimum absolute atomic E-state index is 0.377. The summed E-state index contributed by atoms with van der Waals surface area (Å²) in [6, 6.07) is 12.9. The van der Waals surface area contributed by atoms with Crippen LogP contribution in [0, 0.1) is 0 Å². The highest BCUT2D eigenvalue weighted by molar-refractivity contribution is 7.93. The molecule has 0 atom stereocenters. The minimum atomic E-state index is -3.33. The molecule has 0 fully saturated rings. The van der Waals surface area contributed by atoms with E-state index in [0.717, 1.165) is 28.5 Å². The molecule has 0 heterocycles. The lowest BCUT2D eigenvalue weighted by Crippen LogP contribution is -2.04. The number of sulfone groups is 1. The van der Waals surface area contributed by atoms with Crippen molar-refractivity contribution in [2.75, 3.05) is 6.26 Å². The number of ether oxygens (including phenoxy) is 1. The van der Waals surface area contributed by atoms with Gasteiger partial charge in [0.05, 0.1) is 0 Å². The first-order valence-corrected chi connectivity index (χ1v) is 7.48. The Balaban J connectivity index is 2.17. The third-order valence-corrected chi connectivity index (χ3v) is 3.02. The molecule has 5 heteroatoms. The van der Waals surface area contributed by atoms with Gasteiger partial charge in [0.15, 0.2) is 9.84 Å². The molecule has 0 radical (unpaired) electrons. The first kappa shape index (κ1) is 13.3. The van der Waals surface area contributed by atoms with Crippen molar-refractivity contribution in [1.29, 1.82) is 0 Å². The van der Waals surface area contributed by atoms with Crippen molar-refractivity contribution < 1.29 is 17.9 Å². The van der Waals surface area contributed by atoms with Crippen LogP contribution in [0.1, 0.15) is 0 Å². The second-order valence-corrected chi connectivity index (χ2v) is 5.99. The third kappa shape index (κ3) is 3.93. The number of rotatable bonds is 3. The largest absolute Gasteiger partial charge is 0.423 e. The number of esters is 1. The van der Waals surface area contributed by atoms with E-state index in [0.29, 0.717) is 5.75 Å². The summed E-state index contributed by atoms with van der Waals surface area (Å²) in [6.07, 6.45) is 1.90. The van der Waals surface area contributed by atoms with Gasteiger partial charge in [-0.1, -0.05) is 30.3 Å². The quantitative estimate of drug-likeness (QED) is 0.490. The van der Waals surface area contributed by atoms with Crippen LogP contribution in [0.25, 0.3) is 10.8 Å². The number of hydrogen-bond donors (Lipinski definition) is 0. The fraction of sp³-hybridized carbons (Fsp3) is 0.0714. The highest BCUT2D eigenvalue weighted by Gasteiger charge is 2.03. The maximum Gasteiger partial charge on any atom is 0.336 e. The van der Waals surface area contributed by atoms with Crippen LogP contribution in [0.2, 0.25) is 0 Å². The van der Waals surface area contributed by atoms with Crippen molar-refractivity contribution in [1.82, 2.24) is 0 Å². The summed E-state index contributed by atoms with van der Waals surface area (Å²) in [5.74, 6) is -0.345. The molecule has 0 N–H and O–H groups in total.